The van der Waals surface area contributed by atoms with E-state index in [0.717, 1.165) is 19.1 Å². The molecule has 28 heavy (non-hydrogen) atoms. The van der Waals surface area contributed by atoms with Crippen molar-refractivity contribution in [3.63, 3.8) is 0 Å². The van der Waals surface area contributed by atoms with Gasteiger partial charge in [-0.3, -0.25) is 4.79 Å². The number of hydrogen-bond acceptors (Lipinski definition) is 7. The number of nitrogens with zero attached hydrogens (tertiary/aromatic N) is 4. The molecule has 1 saturated heterocycles. The van der Waals surface area contributed by atoms with Gasteiger partial charge in [-0.1, -0.05) is 0 Å². The monoisotopic (exact) mass is 400 g/mol. The summed E-state index contributed by atoms with van der Waals surface area (Å²) in [6.07, 6.45) is 3.23. The molecular formula is C19H20N4O4S. The Balaban J connectivity index is 1.43. The Kier molecular flexibility index (Phi) is 4.59. The third-order valence-electron chi connectivity index (χ3n) is 5.04. The fraction of sp³-hybridized carbons (Fsp3) is 0.421. The van der Waals surface area contributed by atoms with Crippen LogP contribution in [0.5, 0.6) is 0 Å². The number of oxazole rings is 1. The van der Waals surface area contributed by atoms with Crippen molar-refractivity contribution in [2.45, 2.75) is 23.7 Å². The third-order valence-corrected chi connectivity index (χ3v) is 6.17. The van der Waals surface area contributed by atoms with Gasteiger partial charge in [-0.15, -0.1) is 0 Å². The molecule has 9 heteroatoms. The van der Waals surface area contributed by atoms with Crippen molar-refractivity contribution >= 4 is 21.6 Å². The number of anilines is 1. The predicted molar refractivity (Wildman–Crippen MR) is 101 cm³/mol. The summed E-state index contributed by atoms with van der Waals surface area (Å²) in [7, 11) is -3.29. The lowest BCUT2D eigenvalue weighted by Gasteiger charge is -2.34. The number of aromatic nitrogens is 1. The third kappa shape index (κ3) is 3.60. The normalized spacial score (nSPS) is 17.4. The Hall–Kier alpha value is -2.86. The summed E-state index contributed by atoms with van der Waals surface area (Å²) in [6.45, 7) is 2.05. The molecule has 2 fully saturated rings. The van der Waals surface area contributed by atoms with E-state index in [1.807, 2.05) is 4.90 Å². The summed E-state index contributed by atoms with van der Waals surface area (Å²) in [5.41, 5.74) is 0.757. The summed E-state index contributed by atoms with van der Waals surface area (Å²) in [5, 5.41) is 9.33. The van der Waals surface area contributed by atoms with Gasteiger partial charge in [0, 0.05) is 43.9 Å². The number of benzene rings is 1. The molecule has 2 heterocycles. The zero-order chi connectivity index (χ0) is 19.9. The quantitative estimate of drug-likeness (QED) is 0.770. The SMILES string of the molecule is CS(=O)(=O)c1ccc(C(=O)N2CCN(c3oc(C4CC4)nc3C#N)CC2)cc1. The summed E-state index contributed by atoms with van der Waals surface area (Å²) < 4.78 is 28.9. The lowest BCUT2D eigenvalue weighted by atomic mass is 10.2. The van der Waals surface area contributed by atoms with Crippen LogP contribution in [0.1, 0.15) is 40.7 Å². The Morgan fingerprint density at radius 2 is 1.82 bits per heavy atom. The van der Waals surface area contributed by atoms with Crippen LogP contribution in [0.3, 0.4) is 0 Å². The van der Waals surface area contributed by atoms with E-state index in [9.17, 15) is 18.5 Å². The van der Waals surface area contributed by atoms with Crippen LogP contribution in [-0.4, -0.2) is 56.6 Å². The van der Waals surface area contributed by atoms with E-state index in [1.54, 1.807) is 4.90 Å². The van der Waals surface area contributed by atoms with Crippen molar-refractivity contribution in [2.75, 3.05) is 37.3 Å². The molecule has 0 unspecified atom stereocenters. The van der Waals surface area contributed by atoms with Crippen molar-refractivity contribution < 1.29 is 17.6 Å². The molecule has 0 bridgehead atoms. The first-order valence-corrected chi connectivity index (χ1v) is 11.0. The van der Waals surface area contributed by atoms with E-state index in [1.165, 1.54) is 24.3 Å². The number of hydrogen-bond donors (Lipinski definition) is 0. The Bertz CT molecular complexity index is 1040. The molecule has 1 amide bonds. The van der Waals surface area contributed by atoms with E-state index in [0.29, 0.717) is 55.1 Å². The van der Waals surface area contributed by atoms with Crippen LogP contribution in [0, 0.1) is 11.3 Å². The molecule has 2 aliphatic rings. The molecule has 8 nitrogen and oxygen atoms in total. The van der Waals surface area contributed by atoms with Crippen LogP contribution in [-0.2, 0) is 9.84 Å². The Labute approximate surface area is 163 Å². The van der Waals surface area contributed by atoms with E-state index >= 15 is 0 Å². The van der Waals surface area contributed by atoms with E-state index in [2.05, 4.69) is 11.1 Å². The second-order valence-corrected chi connectivity index (χ2v) is 9.18. The Morgan fingerprint density at radius 1 is 1.18 bits per heavy atom. The molecule has 0 N–H and O–H groups in total. The maximum atomic E-state index is 12.7. The van der Waals surface area contributed by atoms with Crippen LogP contribution in [0.25, 0.3) is 0 Å². The van der Waals surface area contributed by atoms with Crippen molar-refractivity contribution in [2.24, 2.45) is 0 Å². The van der Waals surface area contributed by atoms with Gasteiger partial charge in [0.1, 0.15) is 6.07 Å². The second kappa shape index (κ2) is 6.95. The molecule has 0 spiro atoms. The van der Waals surface area contributed by atoms with Gasteiger partial charge in [0.25, 0.3) is 5.91 Å². The summed E-state index contributed by atoms with van der Waals surface area (Å²) in [5.74, 6) is 1.32. The molecule has 0 atom stereocenters. The number of carbonyl (C=O) groups excluding carboxylic acids is 1. The molecular weight excluding hydrogens is 380 g/mol. The van der Waals surface area contributed by atoms with Crippen LogP contribution in [0.4, 0.5) is 5.88 Å². The Morgan fingerprint density at radius 3 is 2.36 bits per heavy atom. The average Bonchev–Trinajstić information content (AvgIpc) is 3.46. The summed E-state index contributed by atoms with van der Waals surface area (Å²) in [4.78, 5) is 20.9. The molecule has 1 saturated carbocycles. The van der Waals surface area contributed by atoms with E-state index in [-0.39, 0.29) is 10.8 Å². The molecule has 146 valence electrons. The highest BCUT2D eigenvalue weighted by Crippen LogP contribution is 2.41. The average molecular weight is 400 g/mol. The van der Waals surface area contributed by atoms with Gasteiger partial charge in [-0.05, 0) is 37.1 Å². The molecule has 1 aromatic carbocycles. The number of carbonyl (C=O) groups is 1. The molecule has 1 aliphatic carbocycles. The maximum absolute atomic E-state index is 12.7. The minimum atomic E-state index is -3.29. The van der Waals surface area contributed by atoms with Crippen molar-refractivity contribution in [1.82, 2.24) is 9.88 Å². The van der Waals surface area contributed by atoms with E-state index in [4.69, 9.17) is 4.42 Å². The van der Waals surface area contributed by atoms with Crippen LogP contribution in [0.15, 0.2) is 33.6 Å². The predicted octanol–water partition coefficient (Wildman–Crippen LogP) is 1.79. The highest BCUT2D eigenvalue weighted by Gasteiger charge is 2.33. The summed E-state index contributed by atoms with van der Waals surface area (Å²) in [6, 6.07) is 8.08. The van der Waals surface area contributed by atoms with Gasteiger partial charge in [-0.2, -0.15) is 5.26 Å². The number of amides is 1. The number of piperazine rings is 1. The smallest absolute Gasteiger partial charge is 0.253 e. The fourth-order valence-corrected chi connectivity index (χ4v) is 3.89. The second-order valence-electron chi connectivity index (χ2n) is 7.17. The van der Waals surface area contributed by atoms with Gasteiger partial charge in [0.05, 0.1) is 4.90 Å². The molecule has 4 rings (SSSR count). The summed E-state index contributed by atoms with van der Waals surface area (Å²) >= 11 is 0. The number of nitriles is 1. The lowest BCUT2D eigenvalue weighted by molar-refractivity contribution is 0.0745. The van der Waals surface area contributed by atoms with Crippen LogP contribution >= 0.6 is 0 Å². The fourth-order valence-electron chi connectivity index (χ4n) is 3.26. The zero-order valence-corrected chi connectivity index (χ0v) is 16.3. The molecule has 2 aromatic rings. The highest BCUT2D eigenvalue weighted by atomic mass is 32.2. The van der Waals surface area contributed by atoms with Gasteiger partial charge in [-0.25, -0.2) is 13.4 Å². The molecule has 0 radical (unpaired) electrons. The van der Waals surface area contributed by atoms with Crippen molar-refractivity contribution in [1.29, 1.82) is 5.26 Å². The van der Waals surface area contributed by atoms with Gasteiger partial charge < -0.3 is 14.2 Å². The van der Waals surface area contributed by atoms with Gasteiger partial charge >= 0.3 is 0 Å². The van der Waals surface area contributed by atoms with Crippen LogP contribution < -0.4 is 4.90 Å². The number of sulfone groups is 1. The highest BCUT2D eigenvalue weighted by molar-refractivity contribution is 7.90. The first-order valence-electron chi connectivity index (χ1n) is 9.12. The largest absolute Gasteiger partial charge is 0.423 e. The van der Waals surface area contributed by atoms with Crippen molar-refractivity contribution in [3.8, 4) is 6.07 Å². The standard InChI is InChI=1S/C19H20N4O4S/c1-28(25,26)15-6-4-14(5-7-15)18(24)22-8-10-23(11-9-22)19-16(12-20)21-17(27-19)13-2-3-13/h4-7,13H,2-3,8-11H2,1H3. The lowest BCUT2D eigenvalue weighted by Crippen LogP contribution is -2.48. The van der Waals surface area contributed by atoms with Gasteiger partial charge in [0.2, 0.25) is 17.5 Å². The van der Waals surface area contributed by atoms with Crippen LogP contribution in [0.2, 0.25) is 0 Å². The van der Waals surface area contributed by atoms with Gasteiger partial charge in [0.15, 0.2) is 9.84 Å². The first kappa shape index (κ1) is 18.5. The first-order chi connectivity index (χ1) is 13.4. The maximum Gasteiger partial charge on any atom is 0.253 e. The van der Waals surface area contributed by atoms with Crippen molar-refractivity contribution in [3.05, 3.63) is 41.4 Å². The number of rotatable bonds is 4. The molecule has 1 aromatic heterocycles. The minimum absolute atomic E-state index is 0.142. The zero-order valence-electron chi connectivity index (χ0n) is 15.5. The minimum Gasteiger partial charge on any atom is -0.423 e. The molecule has 1 aliphatic heterocycles. The topological polar surface area (TPSA) is 108 Å². The van der Waals surface area contributed by atoms with E-state index < -0.39 is 9.84 Å².